The van der Waals surface area contributed by atoms with Crippen LogP contribution in [0.5, 0.6) is 11.5 Å². The summed E-state index contributed by atoms with van der Waals surface area (Å²) < 4.78 is 14.4. The fourth-order valence-corrected chi connectivity index (χ4v) is 4.68. The van der Waals surface area contributed by atoms with E-state index in [0.29, 0.717) is 58.8 Å². The molecule has 0 fully saturated rings. The van der Waals surface area contributed by atoms with E-state index >= 15 is 0 Å². The average Bonchev–Trinajstić information content (AvgIpc) is 3.69. The van der Waals surface area contributed by atoms with Gasteiger partial charge in [0.05, 0.1) is 49.0 Å². The van der Waals surface area contributed by atoms with Gasteiger partial charge in [-0.15, -0.1) is 10.2 Å². The summed E-state index contributed by atoms with van der Waals surface area (Å²) in [6.07, 6.45) is 4.52. The molecule has 13 nitrogen and oxygen atoms in total. The number of methoxy groups -OCH3 is 2. The van der Waals surface area contributed by atoms with Crippen LogP contribution in [0.1, 0.15) is 22.0 Å². The molecule has 0 radical (unpaired) electrons. The average molecular weight is 514 g/mol. The van der Waals surface area contributed by atoms with Crippen LogP contribution >= 0.6 is 0 Å². The molecule has 1 aromatic carbocycles. The minimum atomic E-state index is -0.667. The van der Waals surface area contributed by atoms with Gasteiger partial charge in [0.1, 0.15) is 23.7 Å². The topological polar surface area (TPSA) is 146 Å². The number of aromatic amines is 1. The number of hydrogen-bond acceptors (Lipinski definition) is 9. The van der Waals surface area contributed by atoms with Gasteiger partial charge in [-0.3, -0.25) is 9.59 Å². The van der Waals surface area contributed by atoms with Gasteiger partial charge in [-0.25, -0.2) is 14.6 Å². The standard InChI is InChI=1S/C25H23N9O4/c1-14-28-13-34(31-14)24-21-20(18(38-3)11-27-24)16(10-26-21)22(35)25(36)32-8-9-33-19(12-32)29-30-23(33)15-6-4-5-7-17(15)37-2/h4-7,10-11,13,26H,8-9,12H2,1-3H3. The van der Waals surface area contributed by atoms with Crippen molar-refractivity contribution < 1.29 is 19.1 Å². The Balaban J connectivity index is 1.30. The number of amides is 1. The molecule has 192 valence electrons. The highest BCUT2D eigenvalue weighted by Crippen LogP contribution is 2.33. The molecule has 13 heteroatoms. The molecule has 0 atom stereocenters. The molecule has 5 heterocycles. The summed E-state index contributed by atoms with van der Waals surface area (Å²) in [5.41, 5.74) is 1.50. The quantitative estimate of drug-likeness (QED) is 0.266. The highest BCUT2D eigenvalue weighted by atomic mass is 16.5. The first-order chi connectivity index (χ1) is 18.5. The molecule has 0 unspecified atom stereocenters. The number of nitrogens with one attached hydrogen (secondary N) is 1. The van der Waals surface area contributed by atoms with Gasteiger partial charge in [0, 0.05) is 19.3 Å². The second kappa shape index (κ2) is 9.10. The largest absolute Gasteiger partial charge is 0.496 e. The molecule has 0 saturated heterocycles. The van der Waals surface area contributed by atoms with Crippen molar-refractivity contribution in [1.29, 1.82) is 0 Å². The van der Waals surface area contributed by atoms with Crippen LogP contribution in [-0.2, 0) is 17.9 Å². The lowest BCUT2D eigenvalue weighted by atomic mass is 10.1. The van der Waals surface area contributed by atoms with Crippen LogP contribution in [0, 0.1) is 6.92 Å². The van der Waals surface area contributed by atoms with Gasteiger partial charge < -0.3 is 23.9 Å². The molecule has 5 aromatic rings. The number of nitrogens with zero attached hydrogens (tertiary/aromatic N) is 8. The van der Waals surface area contributed by atoms with E-state index in [4.69, 9.17) is 9.47 Å². The number of para-hydroxylation sites is 1. The van der Waals surface area contributed by atoms with Crippen molar-refractivity contribution in [3.63, 3.8) is 0 Å². The Morgan fingerprint density at radius 1 is 1.03 bits per heavy atom. The maximum Gasteiger partial charge on any atom is 0.295 e. The van der Waals surface area contributed by atoms with E-state index in [1.807, 2.05) is 28.8 Å². The molecule has 4 aromatic heterocycles. The fourth-order valence-electron chi connectivity index (χ4n) is 4.68. The number of Topliss-reactive ketones (excluding diaryl/α,β-unsaturated/α-hetero) is 1. The van der Waals surface area contributed by atoms with E-state index in [2.05, 4.69) is 30.2 Å². The number of fused-ring (bicyclic) bond motifs is 2. The van der Waals surface area contributed by atoms with Crippen molar-refractivity contribution in [2.24, 2.45) is 0 Å². The number of ether oxygens (including phenoxy) is 2. The van der Waals surface area contributed by atoms with Crippen LogP contribution in [0.25, 0.3) is 28.1 Å². The Labute approximate surface area is 216 Å². The number of rotatable bonds is 6. The normalized spacial score (nSPS) is 13.0. The Morgan fingerprint density at radius 3 is 2.61 bits per heavy atom. The minimum Gasteiger partial charge on any atom is -0.496 e. The highest BCUT2D eigenvalue weighted by Gasteiger charge is 2.32. The second-order valence-electron chi connectivity index (χ2n) is 8.69. The van der Waals surface area contributed by atoms with E-state index in [1.165, 1.54) is 35.4 Å². The summed E-state index contributed by atoms with van der Waals surface area (Å²) in [6, 6.07) is 7.55. The number of benzene rings is 1. The molecule has 1 aliphatic rings. The molecule has 6 rings (SSSR count). The molecule has 1 aliphatic heterocycles. The second-order valence-corrected chi connectivity index (χ2v) is 8.69. The number of carbonyl (C=O) groups is 2. The van der Waals surface area contributed by atoms with E-state index in [0.717, 1.165) is 5.56 Å². The third-order valence-electron chi connectivity index (χ3n) is 6.52. The molecule has 1 N–H and O–H groups in total. The van der Waals surface area contributed by atoms with Gasteiger partial charge >= 0.3 is 0 Å². The zero-order valence-corrected chi connectivity index (χ0v) is 20.9. The summed E-state index contributed by atoms with van der Waals surface area (Å²) in [7, 11) is 3.08. The van der Waals surface area contributed by atoms with Crippen LogP contribution in [-0.4, -0.2) is 76.9 Å². The summed E-state index contributed by atoms with van der Waals surface area (Å²) in [5.74, 6) is 1.97. The fraction of sp³-hybridized carbons (Fsp3) is 0.240. The molecule has 38 heavy (non-hydrogen) atoms. The Bertz CT molecular complexity index is 1700. The smallest absolute Gasteiger partial charge is 0.295 e. The molecular formula is C25H23N9O4. The van der Waals surface area contributed by atoms with Crippen molar-refractivity contribution in [2.45, 2.75) is 20.0 Å². The molecular weight excluding hydrogens is 490 g/mol. The summed E-state index contributed by atoms with van der Waals surface area (Å²) in [6.45, 7) is 2.67. The predicted molar refractivity (Wildman–Crippen MR) is 134 cm³/mol. The summed E-state index contributed by atoms with van der Waals surface area (Å²) in [4.78, 5) is 40.0. The molecule has 0 saturated carbocycles. The number of hydrogen-bond donors (Lipinski definition) is 1. The van der Waals surface area contributed by atoms with Gasteiger partial charge in [-0.1, -0.05) is 12.1 Å². The van der Waals surface area contributed by atoms with Gasteiger partial charge in [0.2, 0.25) is 0 Å². The zero-order chi connectivity index (χ0) is 26.4. The van der Waals surface area contributed by atoms with Crippen LogP contribution < -0.4 is 9.47 Å². The van der Waals surface area contributed by atoms with Crippen molar-refractivity contribution in [3.05, 3.63) is 60.2 Å². The third-order valence-corrected chi connectivity index (χ3v) is 6.52. The Kier molecular flexibility index (Phi) is 5.59. The molecule has 0 bridgehead atoms. The van der Waals surface area contributed by atoms with E-state index in [-0.39, 0.29) is 12.1 Å². The van der Waals surface area contributed by atoms with Crippen molar-refractivity contribution in [3.8, 4) is 28.7 Å². The lowest BCUT2D eigenvalue weighted by Crippen LogP contribution is -2.42. The van der Waals surface area contributed by atoms with Gasteiger partial charge in [0.15, 0.2) is 17.5 Å². The number of H-pyrrole nitrogens is 1. The monoisotopic (exact) mass is 513 g/mol. The number of ketones is 1. The summed E-state index contributed by atoms with van der Waals surface area (Å²) >= 11 is 0. The van der Waals surface area contributed by atoms with Crippen molar-refractivity contribution >= 4 is 22.6 Å². The van der Waals surface area contributed by atoms with Crippen molar-refractivity contribution in [1.82, 2.24) is 44.4 Å². The van der Waals surface area contributed by atoms with Crippen LogP contribution in [0.15, 0.2) is 43.0 Å². The van der Waals surface area contributed by atoms with Gasteiger partial charge in [-0.05, 0) is 19.1 Å². The number of aromatic nitrogens is 8. The molecule has 1 amide bonds. The van der Waals surface area contributed by atoms with E-state index in [1.54, 1.807) is 14.0 Å². The SMILES string of the molecule is COc1ccccc1-c1nnc2n1CCN(C(=O)C(=O)c1c[nH]c3c(-n4cnc(C)n4)ncc(OC)c13)C2. The maximum absolute atomic E-state index is 13.5. The van der Waals surface area contributed by atoms with Gasteiger partial charge in [-0.2, -0.15) is 5.10 Å². The van der Waals surface area contributed by atoms with Crippen molar-refractivity contribution in [2.75, 3.05) is 20.8 Å². The van der Waals surface area contributed by atoms with Crippen LogP contribution in [0.4, 0.5) is 0 Å². The highest BCUT2D eigenvalue weighted by molar-refractivity contribution is 6.45. The molecule has 0 spiro atoms. The Morgan fingerprint density at radius 2 is 1.84 bits per heavy atom. The maximum atomic E-state index is 13.5. The third kappa shape index (κ3) is 3.67. The van der Waals surface area contributed by atoms with E-state index < -0.39 is 11.7 Å². The number of pyridine rings is 1. The molecule has 0 aliphatic carbocycles. The van der Waals surface area contributed by atoms with Gasteiger partial charge in [0.25, 0.3) is 11.7 Å². The van der Waals surface area contributed by atoms with Crippen LogP contribution in [0.3, 0.4) is 0 Å². The number of aryl methyl sites for hydroxylation is 1. The lowest BCUT2D eigenvalue weighted by molar-refractivity contribution is -0.127. The summed E-state index contributed by atoms with van der Waals surface area (Å²) in [5, 5.41) is 13.4. The van der Waals surface area contributed by atoms with E-state index in [9.17, 15) is 9.59 Å². The first kappa shape index (κ1) is 23.3. The first-order valence-electron chi connectivity index (χ1n) is 11.8. The Hall–Kier alpha value is -5.07. The lowest BCUT2D eigenvalue weighted by Gasteiger charge is -2.27. The zero-order valence-electron chi connectivity index (χ0n) is 20.9. The minimum absolute atomic E-state index is 0.150. The van der Waals surface area contributed by atoms with Crippen LogP contribution in [0.2, 0.25) is 0 Å². The first-order valence-corrected chi connectivity index (χ1v) is 11.8. The predicted octanol–water partition coefficient (Wildman–Crippen LogP) is 1.95. The number of carbonyl (C=O) groups excluding carboxylic acids is 2.